The van der Waals surface area contributed by atoms with Crippen LogP contribution in [0.1, 0.15) is 33.6 Å². The van der Waals surface area contributed by atoms with Gasteiger partial charge in [0, 0.05) is 0 Å². The van der Waals surface area contributed by atoms with Crippen LogP contribution in [0.3, 0.4) is 0 Å². The minimum atomic E-state index is 0. The van der Waals surface area contributed by atoms with Crippen LogP contribution in [0, 0.1) is 6.92 Å². The van der Waals surface area contributed by atoms with E-state index < -0.39 is 0 Å². The number of nitrogens with zero attached hydrogens (tertiary/aromatic N) is 1. The van der Waals surface area contributed by atoms with Crippen LogP contribution in [0.15, 0.2) is 11.6 Å². The minimum absolute atomic E-state index is 0. The molecule has 0 amide bonds. The van der Waals surface area contributed by atoms with Gasteiger partial charge in [0.15, 0.2) is 0 Å². The molecule has 0 aliphatic rings. The zero-order valence-corrected chi connectivity index (χ0v) is 9.77. The van der Waals surface area contributed by atoms with E-state index in [0.29, 0.717) is 0 Å². The maximum Gasteiger partial charge on any atom is 1.00 e. The Kier molecular flexibility index (Phi) is 12.3. The van der Waals surface area contributed by atoms with E-state index in [1.165, 1.54) is 31.5 Å². The molecular formula is C11H22LiN. The SMILES string of the molecule is [CH2-]/C(C)=C/CN(CCC)CCC.[Li+]. The Balaban J connectivity index is 0. The van der Waals surface area contributed by atoms with Crippen LogP contribution >= 0.6 is 0 Å². The first-order valence-electron chi connectivity index (χ1n) is 4.91. The predicted octanol–water partition coefficient (Wildman–Crippen LogP) is -0.107. The molecule has 0 bridgehead atoms. The van der Waals surface area contributed by atoms with Crippen LogP contribution in [-0.2, 0) is 0 Å². The van der Waals surface area contributed by atoms with Gasteiger partial charge in [-0.25, -0.2) is 18.6 Å². The molecule has 0 atom stereocenters. The summed E-state index contributed by atoms with van der Waals surface area (Å²) in [5.74, 6) is 0. The molecule has 72 valence electrons. The molecule has 0 spiro atoms. The van der Waals surface area contributed by atoms with Crippen molar-refractivity contribution in [1.29, 1.82) is 0 Å². The number of hydrogen-bond donors (Lipinski definition) is 0. The topological polar surface area (TPSA) is 3.24 Å². The summed E-state index contributed by atoms with van der Waals surface area (Å²) < 4.78 is 0. The average Bonchev–Trinajstić information content (AvgIpc) is 2.01. The van der Waals surface area contributed by atoms with Gasteiger partial charge in [-0.2, -0.15) is 0 Å². The first-order valence-corrected chi connectivity index (χ1v) is 4.91. The quantitative estimate of drug-likeness (QED) is 0.402. The van der Waals surface area contributed by atoms with Crippen molar-refractivity contribution < 1.29 is 18.9 Å². The monoisotopic (exact) mass is 175 g/mol. The Bertz CT molecular complexity index is 122. The summed E-state index contributed by atoms with van der Waals surface area (Å²) in [6.07, 6.45) is 4.68. The van der Waals surface area contributed by atoms with Gasteiger partial charge in [-0.15, -0.1) is 0 Å². The Morgan fingerprint density at radius 3 is 2.00 bits per heavy atom. The Labute approximate surface area is 95.8 Å². The smallest absolute Gasteiger partial charge is 0.316 e. The maximum atomic E-state index is 3.87. The molecule has 0 fully saturated rings. The van der Waals surface area contributed by atoms with Gasteiger partial charge in [0.05, 0.1) is 0 Å². The summed E-state index contributed by atoms with van der Waals surface area (Å²) in [5.41, 5.74) is 1.17. The first kappa shape index (κ1) is 15.6. The summed E-state index contributed by atoms with van der Waals surface area (Å²) in [4.78, 5) is 2.47. The van der Waals surface area contributed by atoms with E-state index in [1.807, 2.05) is 0 Å². The minimum Gasteiger partial charge on any atom is -0.316 e. The molecule has 1 nitrogen and oxygen atoms in total. The molecule has 0 aromatic heterocycles. The van der Waals surface area contributed by atoms with Gasteiger partial charge >= 0.3 is 18.9 Å². The van der Waals surface area contributed by atoms with E-state index in [9.17, 15) is 0 Å². The van der Waals surface area contributed by atoms with Crippen LogP contribution < -0.4 is 18.9 Å². The number of rotatable bonds is 6. The molecule has 2 heteroatoms. The summed E-state index contributed by atoms with van der Waals surface area (Å²) in [7, 11) is 0. The van der Waals surface area contributed by atoms with E-state index in [4.69, 9.17) is 0 Å². The average molecular weight is 175 g/mol. The first-order chi connectivity index (χ1) is 5.70. The zero-order chi connectivity index (χ0) is 9.40. The number of allylic oxidation sites excluding steroid dienone is 1. The Hall–Kier alpha value is 0.167. The molecule has 13 heavy (non-hydrogen) atoms. The standard InChI is InChI=1S/C11H22N.Li/c1-5-8-12(9-6-2)10-7-11(3)4;/h7H,3,5-6,8-10H2,1-2,4H3;/q-1;+1/b11-7-;. The Morgan fingerprint density at radius 2 is 1.69 bits per heavy atom. The molecule has 0 N–H and O–H groups in total. The second kappa shape index (κ2) is 10.2. The third-order valence-electron chi connectivity index (χ3n) is 1.78. The molecule has 0 unspecified atom stereocenters. The third-order valence-corrected chi connectivity index (χ3v) is 1.78. The van der Waals surface area contributed by atoms with Crippen molar-refractivity contribution in [2.45, 2.75) is 33.6 Å². The second-order valence-electron chi connectivity index (χ2n) is 3.35. The second-order valence-corrected chi connectivity index (χ2v) is 3.35. The van der Waals surface area contributed by atoms with E-state index in [0.717, 1.165) is 6.54 Å². The van der Waals surface area contributed by atoms with Crippen LogP contribution in [0.5, 0.6) is 0 Å². The Morgan fingerprint density at radius 1 is 1.23 bits per heavy atom. The van der Waals surface area contributed by atoms with Crippen molar-refractivity contribution in [1.82, 2.24) is 4.90 Å². The van der Waals surface area contributed by atoms with Crippen LogP contribution in [0.4, 0.5) is 0 Å². The van der Waals surface area contributed by atoms with Crippen LogP contribution in [0.2, 0.25) is 0 Å². The van der Waals surface area contributed by atoms with Gasteiger partial charge < -0.3 is 4.90 Å². The van der Waals surface area contributed by atoms with Crippen LogP contribution in [-0.4, -0.2) is 24.5 Å². The van der Waals surface area contributed by atoms with Crippen molar-refractivity contribution in [2.24, 2.45) is 0 Å². The van der Waals surface area contributed by atoms with Gasteiger partial charge in [0.1, 0.15) is 0 Å². The molecule has 0 aromatic carbocycles. The molecule has 0 heterocycles. The zero-order valence-electron chi connectivity index (χ0n) is 9.77. The van der Waals surface area contributed by atoms with Gasteiger partial charge in [-0.1, -0.05) is 20.8 Å². The summed E-state index contributed by atoms with van der Waals surface area (Å²) in [5, 5.41) is 0. The molecular weight excluding hydrogens is 153 g/mol. The molecule has 0 radical (unpaired) electrons. The van der Waals surface area contributed by atoms with Crippen molar-refractivity contribution >= 4 is 0 Å². The molecule has 0 aromatic rings. The fraction of sp³-hybridized carbons (Fsp3) is 0.727. The van der Waals surface area contributed by atoms with Gasteiger partial charge in [0.2, 0.25) is 0 Å². The van der Waals surface area contributed by atoms with E-state index in [-0.39, 0.29) is 18.9 Å². The van der Waals surface area contributed by atoms with E-state index in [1.54, 1.807) is 0 Å². The molecule has 0 saturated carbocycles. The fourth-order valence-electron chi connectivity index (χ4n) is 1.21. The summed E-state index contributed by atoms with van der Waals surface area (Å²) in [6, 6.07) is 0. The van der Waals surface area contributed by atoms with Crippen molar-refractivity contribution in [3.8, 4) is 0 Å². The van der Waals surface area contributed by atoms with Gasteiger partial charge in [-0.3, -0.25) is 0 Å². The fourth-order valence-corrected chi connectivity index (χ4v) is 1.21. The largest absolute Gasteiger partial charge is 1.00 e. The van der Waals surface area contributed by atoms with Crippen molar-refractivity contribution in [3.63, 3.8) is 0 Å². The predicted molar refractivity (Wildman–Crippen MR) is 56.1 cm³/mol. The van der Waals surface area contributed by atoms with Crippen molar-refractivity contribution in [2.75, 3.05) is 19.6 Å². The summed E-state index contributed by atoms with van der Waals surface area (Å²) >= 11 is 0. The number of hydrogen-bond acceptors (Lipinski definition) is 1. The molecule has 0 aliphatic carbocycles. The summed E-state index contributed by atoms with van der Waals surface area (Å²) in [6.45, 7) is 13.8. The van der Waals surface area contributed by atoms with Gasteiger partial charge in [-0.05, 0) is 32.5 Å². The van der Waals surface area contributed by atoms with E-state index in [2.05, 4.69) is 38.7 Å². The third kappa shape index (κ3) is 10.1. The van der Waals surface area contributed by atoms with Crippen molar-refractivity contribution in [3.05, 3.63) is 18.6 Å². The maximum absolute atomic E-state index is 3.87. The molecule has 0 aliphatic heterocycles. The van der Waals surface area contributed by atoms with Gasteiger partial charge in [0.25, 0.3) is 0 Å². The molecule has 0 saturated heterocycles. The van der Waals surface area contributed by atoms with Crippen LogP contribution in [0.25, 0.3) is 0 Å². The van der Waals surface area contributed by atoms with E-state index >= 15 is 0 Å². The molecule has 0 rings (SSSR count). The normalized spacial score (nSPS) is 11.5.